The zero-order valence-electron chi connectivity index (χ0n) is 28.9. The molecule has 45 heavy (non-hydrogen) atoms. The molecule has 0 heterocycles. The quantitative estimate of drug-likeness (QED) is 0.184. The lowest BCUT2D eigenvalue weighted by Crippen LogP contribution is -2.37. The predicted octanol–water partition coefficient (Wildman–Crippen LogP) is 1.45. The van der Waals surface area contributed by atoms with Crippen LogP contribution in [0.2, 0.25) is 0 Å². The SMILES string of the molecule is CCC(=O)N(C)COC.CCC(=O)N(C)COC(=O)N(C)COC.CCC(=O)N(C)COC(=O)N(C)COC(=O)N(C)COC. The fourth-order valence-corrected chi connectivity index (χ4v) is 2.55. The second-order valence-electron chi connectivity index (χ2n) is 9.30. The highest BCUT2D eigenvalue weighted by Gasteiger charge is 2.16. The Balaban J connectivity index is -0.000000639. The van der Waals surface area contributed by atoms with Crippen molar-refractivity contribution < 1.29 is 57.2 Å². The molecule has 18 nitrogen and oxygen atoms in total. The Morgan fingerprint density at radius 3 is 0.822 bits per heavy atom. The molecule has 6 amide bonds. The maximum Gasteiger partial charge on any atom is 0.413 e. The van der Waals surface area contributed by atoms with E-state index < -0.39 is 18.3 Å². The molecule has 0 aromatic heterocycles. The number of ether oxygens (including phenoxy) is 6. The van der Waals surface area contributed by atoms with Crippen LogP contribution in [0.5, 0.6) is 0 Å². The molecule has 18 heteroatoms. The summed E-state index contributed by atoms with van der Waals surface area (Å²) in [6.45, 7) is 5.44. The highest BCUT2D eigenvalue weighted by atomic mass is 16.6. The van der Waals surface area contributed by atoms with Gasteiger partial charge in [0, 0.05) is 82.9 Å². The number of rotatable bonds is 15. The van der Waals surface area contributed by atoms with Crippen LogP contribution < -0.4 is 0 Å². The molecule has 264 valence electrons. The molecule has 0 aromatic rings. The Morgan fingerprint density at radius 2 is 0.578 bits per heavy atom. The summed E-state index contributed by atoms with van der Waals surface area (Å²) in [7, 11) is 13.8. The fourth-order valence-electron chi connectivity index (χ4n) is 2.55. The van der Waals surface area contributed by atoms with E-state index in [1.165, 1.54) is 55.0 Å². The predicted molar refractivity (Wildman–Crippen MR) is 162 cm³/mol. The fraction of sp³-hybridized carbons (Fsp3) is 0.778. The maximum atomic E-state index is 11.6. The Labute approximate surface area is 266 Å². The number of carbonyl (C=O) groups excluding carboxylic acids is 6. The van der Waals surface area contributed by atoms with E-state index in [2.05, 4.69) is 0 Å². The van der Waals surface area contributed by atoms with Crippen molar-refractivity contribution >= 4 is 36.0 Å². The Hall–Kier alpha value is -3.90. The first-order valence-electron chi connectivity index (χ1n) is 13.9. The smallest absolute Gasteiger partial charge is 0.413 e. The molecule has 0 aliphatic rings. The molecule has 0 atom stereocenters. The van der Waals surface area contributed by atoms with Gasteiger partial charge in [-0.3, -0.25) is 29.1 Å². The molecule has 0 fully saturated rings. The van der Waals surface area contributed by atoms with Crippen LogP contribution in [0.15, 0.2) is 0 Å². The topological polar surface area (TPSA) is 177 Å². The van der Waals surface area contributed by atoms with Crippen LogP contribution in [0.3, 0.4) is 0 Å². The van der Waals surface area contributed by atoms with Crippen LogP contribution in [0.1, 0.15) is 40.0 Å². The van der Waals surface area contributed by atoms with E-state index in [1.54, 1.807) is 47.0 Å². The van der Waals surface area contributed by atoms with Crippen LogP contribution in [0.4, 0.5) is 14.4 Å². The molecule has 0 aliphatic heterocycles. The standard InChI is InChI=1S/C12H23N3O6.C9H18N2O4.C6H13NO2/c1-6-10(16)13(2)8-20-12(18)15(4)9-21-11(17)14(3)7-19-5;1-5-8(12)10(2)7-15-9(13)11(3)6-14-4;1-4-6(8)7(2)5-9-3/h6-9H2,1-5H3;5-7H2,1-4H3;4-5H2,1-3H3. The molecule has 0 radical (unpaired) electrons. The zero-order valence-corrected chi connectivity index (χ0v) is 28.9. The lowest BCUT2D eigenvalue weighted by Gasteiger charge is -2.22. The van der Waals surface area contributed by atoms with E-state index >= 15 is 0 Å². The summed E-state index contributed by atoms with van der Waals surface area (Å²) < 4.78 is 28.8. The van der Waals surface area contributed by atoms with Gasteiger partial charge in [-0.1, -0.05) is 20.8 Å². The summed E-state index contributed by atoms with van der Waals surface area (Å²) in [6.07, 6.45) is -0.592. The van der Waals surface area contributed by atoms with E-state index in [4.69, 9.17) is 28.4 Å². The molecule has 0 saturated carbocycles. The lowest BCUT2D eigenvalue weighted by molar-refractivity contribution is -0.134. The highest BCUT2D eigenvalue weighted by molar-refractivity contribution is 5.76. The van der Waals surface area contributed by atoms with Crippen molar-refractivity contribution in [1.29, 1.82) is 0 Å². The van der Waals surface area contributed by atoms with Crippen molar-refractivity contribution in [2.75, 3.05) is 104 Å². The van der Waals surface area contributed by atoms with Crippen LogP contribution in [0.25, 0.3) is 0 Å². The maximum absolute atomic E-state index is 11.6. The molecule has 0 spiro atoms. The van der Waals surface area contributed by atoms with Gasteiger partial charge in [0.25, 0.3) is 0 Å². The minimum Gasteiger partial charge on any atom is -0.428 e. The molecule has 0 saturated heterocycles. The number of amides is 6. The second-order valence-corrected chi connectivity index (χ2v) is 9.30. The van der Waals surface area contributed by atoms with Gasteiger partial charge in [0.15, 0.2) is 20.2 Å². The van der Waals surface area contributed by atoms with Crippen LogP contribution in [-0.4, -0.2) is 169 Å². The van der Waals surface area contributed by atoms with Gasteiger partial charge in [0.1, 0.15) is 20.2 Å². The summed E-state index contributed by atoms with van der Waals surface area (Å²) in [5.41, 5.74) is 0. The summed E-state index contributed by atoms with van der Waals surface area (Å²) in [5, 5.41) is 0. The molecule has 0 unspecified atom stereocenters. The van der Waals surface area contributed by atoms with Crippen LogP contribution >= 0.6 is 0 Å². The first-order chi connectivity index (χ1) is 21.1. The second kappa shape index (κ2) is 27.6. The van der Waals surface area contributed by atoms with E-state index in [0.717, 1.165) is 4.90 Å². The third-order valence-corrected chi connectivity index (χ3v) is 5.23. The van der Waals surface area contributed by atoms with Gasteiger partial charge in [0.05, 0.1) is 0 Å². The van der Waals surface area contributed by atoms with Crippen molar-refractivity contribution in [3.63, 3.8) is 0 Å². The Kier molecular flexibility index (Phi) is 28.0. The molecule has 0 aliphatic carbocycles. The number of hydrogen-bond donors (Lipinski definition) is 0. The molecule has 0 bridgehead atoms. The van der Waals surface area contributed by atoms with Gasteiger partial charge < -0.3 is 43.1 Å². The van der Waals surface area contributed by atoms with Crippen molar-refractivity contribution in [3.05, 3.63) is 0 Å². The number of methoxy groups -OCH3 is 3. The van der Waals surface area contributed by atoms with Crippen LogP contribution in [0, 0.1) is 0 Å². The van der Waals surface area contributed by atoms with Gasteiger partial charge >= 0.3 is 18.3 Å². The van der Waals surface area contributed by atoms with Gasteiger partial charge in [-0.2, -0.15) is 0 Å². The molecular weight excluding hydrogens is 600 g/mol. The third-order valence-electron chi connectivity index (χ3n) is 5.23. The highest BCUT2D eigenvalue weighted by Crippen LogP contribution is 1.98. The first-order valence-corrected chi connectivity index (χ1v) is 13.9. The largest absolute Gasteiger partial charge is 0.428 e. The average molecular weight is 655 g/mol. The van der Waals surface area contributed by atoms with Crippen molar-refractivity contribution in [2.24, 2.45) is 0 Å². The first kappa shape index (κ1) is 45.5. The van der Waals surface area contributed by atoms with Crippen molar-refractivity contribution in [2.45, 2.75) is 40.0 Å². The van der Waals surface area contributed by atoms with E-state index in [9.17, 15) is 28.8 Å². The summed E-state index contributed by atoms with van der Waals surface area (Å²) in [5.74, 6) is -0.105. The monoisotopic (exact) mass is 654 g/mol. The Bertz CT molecular complexity index is 879. The summed E-state index contributed by atoms with van der Waals surface area (Å²) in [4.78, 5) is 75.1. The molecular formula is C27H54N6O12. The minimum atomic E-state index is -0.701. The van der Waals surface area contributed by atoms with Gasteiger partial charge in [0.2, 0.25) is 17.7 Å². The number of nitrogens with zero attached hydrogens (tertiary/aromatic N) is 6. The van der Waals surface area contributed by atoms with Gasteiger partial charge in [-0.15, -0.1) is 0 Å². The normalized spacial score (nSPS) is 9.60. The molecule has 0 N–H and O–H groups in total. The molecule has 0 rings (SSSR count). The third kappa shape index (κ3) is 23.2. The zero-order chi connectivity index (χ0) is 35.5. The van der Waals surface area contributed by atoms with Crippen molar-refractivity contribution in [1.82, 2.24) is 29.4 Å². The molecule has 0 aromatic carbocycles. The van der Waals surface area contributed by atoms with Gasteiger partial charge in [-0.05, 0) is 0 Å². The van der Waals surface area contributed by atoms with Crippen LogP contribution in [-0.2, 0) is 42.8 Å². The van der Waals surface area contributed by atoms with E-state index in [0.29, 0.717) is 26.0 Å². The van der Waals surface area contributed by atoms with E-state index in [1.807, 2.05) is 6.92 Å². The minimum absolute atomic E-state index is 0.0421. The lowest BCUT2D eigenvalue weighted by atomic mass is 10.4. The van der Waals surface area contributed by atoms with E-state index in [-0.39, 0.29) is 51.4 Å². The summed E-state index contributed by atoms with van der Waals surface area (Å²) in [6, 6.07) is 0. The summed E-state index contributed by atoms with van der Waals surface area (Å²) >= 11 is 0. The van der Waals surface area contributed by atoms with Gasteiger partial charge in [-0.25, -0.2) is 14.4 Å². The van der Waals surface area contributed by atoms with Crippen molar-refractivity contribution in [3.8, 4) is 0 Å². The Morgan fingerprint density at radius 1 is 0.378 bits per heavy atom. The number of hydrogen-bond acceptors (Lipinski definition) is 12. The average Bonchev–Trinajstić information content (AvgIpc) is 3.03. The number of carbonyl (C=O) groups is 6.